The summed E-state index contributed by atoms with van der Waals surface area (Å²) in [7, 11) is 1.02. The quantitative estimate of drug-likeness (QED) is 0.149. The number of nitrogens with one attached hydrogen (secondary N) is 3. The van der Waals surface area contributed by atoms with Crippen molar-refractivity contribution in [3.63, 3.8) is 0 Å². The van der Waals surface area contributed by atoms with Gasteiger partial charge in [-0.2, -0.15) is 0 Å². The topological polar surface area (TPSA) is 154 Å². The van der Waals surface area contributed by atoms with E-state index in [9.17, 15) is 24.2 Å². The smallest absolute Gasteiger partial charge is 0.312 e. The molecule has 1 aliphatic rings. The summed E-state index contributed by atoms with van der Waals surface area (Å²) in [5, 5.41) is 17.3. The third-order valence-corrected chi connectivity index (χ3v) is 5.69. The molecule has 0 aromatic heterocycles. The molecule has 4 amide bonds. The van der Waals surface area contributed by atoms with Crippen LogP contribution in [0.5, 0.6) is 0 Å². The maximum absolute atomic E-state index is 12.6. The number of carbonyl (C=O) groups is 4. The number of nitrogens with zero attached hydrogens (tertiary/aromatic N) is 1. The number of rotatable bonds is 13. The SMILES string of the molecule is CC(NC(=O)c1ccc(CNC(=O)C(CCCCN)NC=O)cc1)C(=O)N1CCCC1[B]O. The average molecular weight is 458 g/mol. The summed E-state index contributed by atoms with van der Waals surface area (Å²) in [5.41, 5.74) is 6.64. The van der Waals surface area contributed by atoms with Gasteiger partial charge in [0.25, 0.3) is 5.91 Å². The van der Waals surface area contributed by atoms with Gasteiger partial charge in [0, 0.05) is 24.6 Å². The summed E-state index contributed by atoms with van der Waals surface area (Å²) >= 11 is 0. The number of hydrogen-bond donors (Lipinski definition) is 5. The summed E-state index contributed by atoms with van der Waals surface area (Å²) in [5.74, 6) is -1.22. The highest BCUT2D eigenvalue weighted by atomic mass is 16.2. The first-order valence-electron chi connectivity index (χ1n) is 11.3. The minimum absolute atomic E-state index is 0.236. The number of likely N-dealkylation sites (tertiary alicyclic amines) is 1. The van der Waals surface area contributed by atoms with Crippen LogP contribution in [-0.2, 0) is 20.9 Å². The maximum atomic E-state index is 12.6. The van der Waals surface area contributed by atoms with E-state index in [0.717, 1.165) is 32.3 Å². The first-order chi connectivity index (χ1) is 15.9. The number of unbranched alkanes of at least 4 members (excludes halogenated alkanes) is 1. The second kappa shape index (κ2) is 13.6. The predicted molar refractivity (Wildman–Crippen MR) is 124 cm³/mol. The van der Waals surface area contributed by atoms with E-state index in [1.165, 1.54) is 0 Å². The van der Waals surface area contributed by atoms with Crippen molar-refractivity contribution in [3.8, 4) is 0 Å². The van der Waals surface area contributed by atoms with Crippen LogP contribution in [-0.4, -0.2) is 72.7 Å². The normalized spacial score (nSPS) is 17.1. The lowest BCUT2D eigenvalue weighted by Gasteiger charge is -2.26. The van der Waals surface area contributed by atoms with Crippen molar-refractivity contribution in [2.75, 3.05) is 13.1 Å². The van der Waals surface area contributed by atoms with E-state index in [4.69, 9.17) is 5.73 Å². The Morgan fingerprint density at radius 3 is 2.64 bits per heavy atom. The molecule has 0 aliphatic carbocycles. The van der Waals surface area contributed by atoms with Crippen molar-refractivity contribution in [3.05, 3.63) is 35.4 Å². The van der Waals surface area contributed by atoms with Gasteiger partial charge in [-0.3, -0.25) is 19.2 Å². The fourth-order valence-corrected chi connectivity index (χ4v) is 3.76. The van der Waals surface area contributed by atoms with Crippen molar-refractivity contribution in [2.45, 2.75) is 63.6 Å². The van der Waals surface area contributed by atoms with E-state index < -0.39 is 12.1 Å². The van der Waals surface area contributed by atoms with Crippen molar-refractivity contribution in [1.29, 1.82) is 0 Å². The number of nitrogens with two attached hydrogens (primary N) is 1. The van der Waals surface area contributed by atoms with Gasteiger partial charge in [0.05, 0.1) is 0 Å². The maximum Gasteiger partial charge on any atom is 0.312 e. The standard InChI is InChI=1S/C22H33BN5O5/c1-15(22(32)28-12-4-6-19(28)23-33)27-20(30)17-9-7-16(8-10-17)13-25-21(31)18(26-14-29)5-2-3-11-24/h7-10,14-15,18-19,33H,2-6,11-13,24H2,1H3,(H,25,31)(H,26,29)(H,27,30). The minimum Gasteiger partial charge on any atom is -0.452 e. The molecule has 1 heterocycles. The van der Waals surface area contributed by atoms with Crippen LogP contribution in [0.15, 0.2) is 24.3 Å². The van der Waals surface area contributed by atoms with Gasteiger partial charge in [-0.05, 0) is 63.3 Å². The highest BCUT2D eigenvalue weighted by Gasteiger charge is 2.32. The summed E-state index contributed by atoms with van der Waals surface area (Å²) in [6.07, 6.45) is 4.05. The molecule has 6 N–H and O–H groups in total. The highest BCUT2D eigenvalue weighted by molar-refractivity contribution is 6.28. The number of amides is 4. The molecule has 0 spiro atoms. The lowest BCUT2D eigenvalue weighted by molar-refractivity contribution is -0.132. The largest absolute Gasteiger partial charge is 0.452 e. The molecule has 1 radical (unpaired) electrons. The first kappa shape index (κ1) is 26.3. The second-order valence-electron chi connectivity index (χ2n) is 8.12. The van der Waals surface area contributed by atoms with E-state index in [2.05, 4.69) is 16.0 Å². The Morgan fingerprint density at radius 2 is 2.00 bits per heavy atom. The summed E-state index contributed by atoms with van der Waals surface area (Å²) in [6.45, 7) is 2.95. The van der Waals surface area contributed by atoms with Crippen LogP contribution >= 0.6 is 0 Å². The van der Waals surface area contributed by atoms with E-state index in [1.54, 1.807) is 36.1 Å². The van der Waals surface area contributed by atoms with Gasteiger partial charge in [-0.1, -0.05) is 12.1 Å². The molecule has 0 saturated carbocycles. The lowest BCUT2D eigenvalue weighted by atomic mass is 9.86. The van der Waals surface area contributed by atoms with Crippen LogP contribution in [0, 0.1) is 0 Å². The van der Waals surface area contributed by atoms with Crippen LogP contribution in [0.25, 0.3) is 0 Å². The van der Waals surface area contributed by atoms with Gasteiger partial charge in [-0.25, -0.2) is 0 Å². The monoisotopic (exact) mass is 458 g/mol. The predicted octanol–water partition coefficient (Wildman–Crippen LogP) is -0.775. The lowest BCUT2D eigenvalue weighted by Crippen LogP contribution is -2.49. The molecule has 1 aromatic rings. The molecule has 3 unspecified atom stereocenters. The van der Waals surface area contributed by atoms with Crippen LogP contribution < -0.4 is 21.7 Å². The zero-order valence-electron chi connectivity index (χ0n) is 19.0. The Morgan fingerprint density at radius 1 is 1.27 bits per heavy atom. The van der Waals surface area contributed by atoms with E-state index >= 15 is 0 Å². The molecule has 33 heavy (non-hydrogen) atoms. The molecule has 179 valence electrons. The summed E-state index contributed by atoms with van der Waals surface area (Å²) in [4.78, 5) is 49.8. The zero-order valence-corrected chi connectivity index (χ0v) is 19.0. The molecule has 10 nitrogen and oxygen atoms in total. The van der Waals surface area contributed by atoms with Crippen molar-refractivity contribution >= 4 is 31.6 Å². The summed E-state index contributed by atoms with van der Waals surface area (Å²) < 4.78 is 0. The van der Waals surface area contributed by atoms with Crippen molar-refractivity contribution in [1.82, 2.24) is 20.9 Å². The van der Waals surface area contributed by atoms with Gasteiger partial charge in [0.1, 0.15) is 12.1 Å². The minimum atomic E-state index is -0.724. The molecule has 1 fully saturated rings. The number of hydrogen-bond acceptors (Lipinski definition) is 6. The molecule has 2 rings (SSSR count). The Hall–Kier alpha value is -2.92. The van der Waals surface area contributed by atoms with Crippen LogP contribution in [0.1, 0.15) is 54.9 Å². The van der Waals surface area contributed by atoms with Gasteiger partial charge >= 0.3 is 7.48 Å². The highest BCUT2D eigenvalue weighted by Crippen LogP contribution is 2.17. The summed E-state index contributed by atoms with van der Waals surface area (Å²) in [6, 6.07) is 5.34. The third kappa shape index (κ3) is 7.87. The fraction of sp³-hybridized carbons (Fsp3) is 0.545. The van der Waals surface area contributed by atoms with Crippen LogP contribution in [0.4, 0.5) is 0 Å². The van der Waals surface area contributed by atoms with Gasteiger partial charge in [0.2, 0.25) is 18.2 Å². The Balaban J connectivity index is 1.85. The Kier molecular flexibility index (Phi) is 10.8. The third-order valence-electron chi connectivity index (χ3n) is 5.69. The molecule has 11 heteroatoms. The van der Waals surface area contributed by atoms with Crippen molar-refractivity contribution in [2.24, 2.45) is 5.73 Å². The fourth-order valence-electron chi connectivity index (χ4n) is 3.76. The average Bonchev–Trinajstić information content (AvgIpc) is 3.30. The van der Waals surface area contributed by atoms with Crippen LogP contribution in [0.3, 0.4) is 0 Å². The van der Waals surface area contributed by atoms with Gasteiger partial charge < -0.3 is 31.6 Å². The molecular weight excluding hydrogens is 425 g/mol. The van der Waals surface area contributed by atoms with Crippen LogP contribution in [0.2, 0.25) is 0 Å². The number of benzene rings is 1. The molecule has 3 atom stereocenters. The van der Waals surface area contributed by atoms with Gasteiger partial charge in [0.15, 0.2) is 0 Å². The Bertz CT molecular complexity index is 807. The molecular formula is C22H33BN5O5. The first-order valence-corrected chi connectivity index (χ1v) is 11.3. The van der Waals surface area contributed by atoms with E-state index in [0.29, 0.717) is 37.9 Å². The van der Waals surface area contributed by atoms with E-state index in [-0.39, 0.29) is 30.2 Å². The zero-order chi connectivity index (χ0) is 24.2. The molecule has 1 aromatic carbocycles. The van der Waals surface area contributed by atoms with Crippen molar-refractivity contribution < 1.29 is 24.2 Å². The van der Waals surface area contributed by atoms with Gasteiger partial charge in [-0.15, -0.1) is 0 Å². The van der Waals surface area contributed by atoms with E-state index in [1.807, 2.05) is 0 Å². The second-order valence-corrected chi connectivity index (χ2v) is 8.12. The molecule has 1 saturated heterocycles. The number of carbonyl (C=O) groups excluding carboxylic acids is 4. The Labute approximate surface area is 194 Å². The molecule has 1 aliphatic heterocycles. The molecule has 0 bridgehead atoms.